The molecule has 0 spiro atoms. The molecule has 1 N–H and O–H groups in total. The number of morpholine rings is 2. The van der Waals surface area contributed by atoms with E-state index in [4.69, 9.17) is 19.4 Å². The predicted molar refractivity (Wildman–Crippen MR) is 104 cm³/mol. The van der Waals surface area contributed by atoms with Gasteiger partial charge in [-0.2, -0.15) is 4.98 Å². The molecule has 0 radical (unpaired) electrons. The van der Waals surface area contributed by atoms with Crippen molar-refractivity contribution in [2.75, 3.05) is 49.3 Å². The van der Waals surface area contributed by atoms with Crippen LogP contribution in [-0.2, 0) is 9.47 Å². The Hall–Kier alpha value is -2.38. The molecule has 0 saturated carbocycles. The minimum Gasteiger partial charge on any atom is -0.508 e. The van der Waals surface area contributed by atoms with Crippen LogP contribution in [0.2, 0.25) is 0 Å². The van der Waals surface area contributed by atoms with Crippen molar-refractivity contribution in [1.29, 1.82) is 0 Å². The van der Waals surface area contributed by atoms with Crippen LogP contribution in [0.15, 0.2) is 30.3 Å². The van der Waals surface area contributed by atoms with Crippen molar-refractivity contribution in [3.05, 3.63) is 30.3 Å². The van der Waals surface area contributed by atoms with Crippen molar-refractivity contribution in [1.82, 2.24) is 9.97 Å². The Morgan fingerprint density at radius 1 is 1.00 bits per heavy atom. The largest absolute Gasteiger partial charge is 0.508 e. The molecular weight excluding hydrogens is 344 g/mol. The van der Waals surface area contributed by atoms with Crippen LogP contribution in [0.4, 0.5) is 11.8 Å². The second-order valence-electron chi connectivity index (χ2n) is 7.20. The first kappa shape index (κ1) is 18.0. The van der Waals surface area contributed by atoms with Crippen LogP contribution in [-0.4, -0.2) is 66.7 Å². The van der Waals surface area contributed by atoms with E-state index in [2.05, 4.69) is 23.6 Å². The molecule has 0 bridgehead atoms. The number of phenols is 1. The van der Waals surface area contributed by atoms with Crippen LogP contribution in [0.5, 0.6) is 5.75 Å². The fourth-order valence-corrected chi connectivity index (χ4v) is 3.73. The summed E-state index contributed by atoms with van der Waals surface area (Å²) in [5, 5.41) is 9.90. The van der Waals surface area contributed by atoms with Crippen molar-refractivity contribution in [3.63, 3.8) is 0 Å². The molecular formula is C20H26N4O3. The minimum absolute atomic E-state index is 0.230. The average Bonchev–Trinajstić information content (AvgIpc) is 2.68. The number of hydrogen-bond donors (Lipinski definition) is 1. The van der Waals surface area contributed by atoms with Crippen LogP contribution in [0.3, 0.4) is 0 Å². The first-order chi connectivity index (χ1) is 13.1. The molecule has 4 rings (SSSR count). The number of aromatic nitrogens is 2. The van der Waals surface area contributed by atoms with Gasteiger partial charge in [-0.25, -0.2) is 4.98 Å². The average molecular weight is 370 g/mol. The van der Waals surface area contributed by atoms with Crippen LogP contribution in [0.1, 0.15) is 13.8 Å². The third-order valence-electron chi connectivity index (χ3n) is 5.07. The van der Waals surface area contributed by atoms with Crippen LogP contribution < -0.4 is 9.80 Å². The Bertz CT molecular complexity index is 785. The van der Waals surface area contributed by atoms with E-state index in [0.717, 1.165) is 30.2 Å². The standard InChI is InChI=1S/C20H26N4O3/c1-14-12-27-13-15(2)24(14)19-11-18(16-4-3-5-17(25)10-16)21-20(22-19)23-6-8-26-9-7-23/h3-5,10-11,14-15,25H,6-9,12-13H2,1-2H3. The number of aromatic hydroxyl groups is 1. The Balaban J connectivity index is 1.78. The van der Waals surface area contributed by atoms with Gasteiger partial charge in [-0.15, -0.1) is 0 Å². The highest BCUT2D eigenvalue weighted by atomic mass is 16.5. The molecule has 2 aromatic rings. The summed E-state index contributed by atoms with van der Waals surface area (Å²) in [6.45, 7) is 8.58. The van der Waals surface area contributed by atoms with E-state index >= 15 is 0 Å². The van der Waals surface area contributed by atoms with Gasteiger partial charge in [-0.3, -0.25) is 0 Å². The Kier molecular flexibility index (Phi) is 5.13. The quantitative estimate of drug-likeness (QED) is 0.889. The summed E-state index contributed by atoms with van der Waals surface area (Å²) in [5.74, 6) is 1.84. The number of phenolic OH excluding ortho intramolecular Hbond substituents is 1. The van der Waals surface area contributed by atoms with Crippen molar-refractivity contribution in [2.45, 2.75) is 25.9 Å². The fourth-order valence-electron chi connectivity index (χ4n) is 3.73. The SMILES string of the molecule is CC1COCC(C)N1c1cc(-c2cccc(O)c2)nc(N2CCOCC2)n1. The van der Waals surface area contributed by atoms with E-state index in [9.17, 15) is 5.11 Å². The van der Waals surface area contributed by atoms with Gasteiger partial charge in [0.15, 0.2) is 0 Å². The molecule has 2 aliphatic heterocycles. The van der Waals surface area contributed by atoms with Crippen LogP contribution in [0, 0.1) is 0 Å². The molecule has 27 heavy (non-hydrogen) atoms. The monoisotopic (exact) mass is 370 g/mol. The molecule has 2 unspecified atom stereocenters. The maximum atomic E-state index is 9.90. The van der Waals surface area contributed by atoms with Gasteiger partial charge in [-0.1, -0.05) is 12.1 Å². The van der Waals surface area contributed by atoms with E-state index in [1.807, 2.05) is 18.2 Å². The van der Waals surface area contributed by atoms with Gasteiger partial charge in [0.1, 0.15) is 11.6 Å². The van der Waals surface area contributed by atoms with Gasteiger partial charge in [-0.05, 0) is 26.0 Å². The summed E-state index contributed by atoms with van der Waals surface area (Å²) < 4.78 is 11.2. The summed E-state index contributed by atoms with van der Waals surface area (Å²) in [6, 6.07) is 9.68. The lowest BCUT2D eigenvalue weighted by Crippen LogP contribution is -2.50. The highest BCUT2D eigenvalue weighted by Gasteiger charge is 2.28. The van der Waals surface area contributed by atoms with E-state index in [1.165, 1.54) is 0 Å². The summed E-state index contributed by atoms with van der Waals surface area (Å²) in [4.78, 5) is 14.2. The normalized spacial score (nSPS) is 23.5. The van der Waals surface area contributed by atoms with Gasteiger partial charge < -0.3 is 24.4 Å². The fraction of sp³-hybridized carbons (Fsp3) is 0.500. The molecule has 144 valence electrons. The second kappa shape index (κ2) is 7.70. The molecule has 7 heteroatoms. The molecule has 2 atom stereocenters. The van der Waals surface area contributed by atoms with Gasteiger partial charge >= 0.3 is 0 Å². The maximum Gasteiger partial charge on any atom is 0.228 e. The highest BCUT2D eigenvalue weighted by molar-refractivity contribution is 5.66. The van der Waals surface area contributed by atoms with E-state index in [0.29, 0.717) is 32.4 Å². The lowest BCUT2D eigenvalue weighted by atomic mass is 10.1. The van der Waals surface area contributed by atoms with Crippen molar-refractivity contribution < 1.29 is 14.6 Å². The number of anilines is 2. The van der Waals surface area contributed by atoms with Gasteiger partial charge in [0.2, 0.25) is 5.95 Å². The summed E-state index contributed by atoms with van der Waals surface area (Å²) in [7, 11) is 0. The lowest BCUT2D eigenvalue weighted by molar-refractivity contribution is 0.0752. The zero-order valence-corrected chi connectivity index (χ0v) is 15.8. The predicted octanol–water partition coefficient (Wildman–Crippen LogP) is 2.30. The highest BCUT2D eigenvalue weighted by Crippen LogP contribution is 2.30. The first-order valence-electron chi connectivity index (χ1n) is 9.49. The maximum absolute atomic E-state index is 9.90. The zero-order valence-electron chi connectivity index (χ0n) is 15.8. The third-order valence-corrected chi connectivity index (χ3v) is 5.07. The third kappa shape index (κ3) is 3.84. The molecule has 1 aromatic carbocycles. The van der Waals surface area contributed by atoms with Gasteiger partial charge in [0.05, 0.1) is 44.2 Å². The van der Waals surface area contributed by atoms with Gasteiger partial charge in [0, 0.05) is 24.7 Å². The van der Waals surface area contributed by atoms with Crippen LogP contribution >= 0.6 is 0 Å². The Morgan fingerprint density at radius 2 is 1.74 bits per heavy atom. The summed E-state index contributed by atoms with van der Waals surface area (Å²) in [6.07, 6.45) is 0. The summed E-state index contributed by atoms with van der Waals surface area (Å²) in [5.41, 5.74) is 1.69. The topological polar surface area (TPSA) is 71.0 Å². The van der Waals surface area contributed by atoms with E-state index < -0.39 is 0 Å². The molecule has 0 aliphatic carbocycles. The van der Waals surface area contributed by atoms with Crippen molar-refractivity contribution >= 4 is 11.8 Å². The number of benzene rings is 1. The zero-order chi connectivity index (χ0) is 18.8. The number of ether oxygens (including phenoxy) is 2. The minimum atomic E-state index is 0.230. The molecule has 1 aromatic heterocycles. The number of hydrogen-bond acceptors (Lipinski definition) is 7. The number of rotatable bonds is 3. The molecule has 2 fully saturated rings. The Labute approximate surface area is 159 Å². The summed E-state index contributed by atoms with van der Waals surface area (Å²) >= 11 is 0. The lowest BCUT2D eigenvalue weighted by Gasteiger charge is -2.40. The second-order valence-corrected chi connectivity index (χ2v) is 7.20. The molecule has 3 heterocycles. The molecule has 2 aliphatic rings. The van der Waals surface area contributed by atoms with E-state index in [1.54, 1.807) is 12.1 Å². The van der Waals surface area contributed by atoms with E-state index in [-0.39, 0.29) is 17.8 Å². The number of nitrogens with zero attached hydrogens (tertiary/aromatic N) is 4. The Morgan fingerprint density at radius 3 is 2.44 bits per heavy atom. The van der Waals surface area contributed by atoms with Crippen molar-refractivity contribution in [3.8, 4) is 17.0 Å². The smallest absolute Gasteiger partial charge is 0.228 e. The molecule has 0 amide bonds. The van der Waals surface area contributed by atoms with Crippen molar-refractivity contribution in [2.24, 2.45) is 0 Å². The first-order valence-corrected chi connectivity index (χ1v) is 9.49. The molecule has 2 saturated heterocycles. The molecule has 7 nitrogen and oxygen atoms in total. The van der Waals surface area contributed by atoms with Crippen LogP contribution in [0.25, 0.3) is 11.3 Å². The van der Waals surface area contributed by atoms with Gasteiger partial charge in [0.25, 0.3) is 0 Å².